The maximum Gasteiger partial charge on any atom is 0.254 e. The monoisotopic (exact) mass is 281 g/mol. The number of thiophene rings is 1. The van der Waals surface area contributed by atoms with Crippen LogP contribution in [0.1, 0.15) is 40.6 Å². The maximum atomic E-state index is 12.2. The maximum absolute atomic E-state index is 12.2. The number of carbonyl (C=O) groups excluding carboxylic acids is 2. The molecule has 0 radical (unpaired) electrons. The molecule has 0 bridgehead atoms. The number of anilines is 1. The molecule has 1 heterocycles. The molecule has 0 spiro atoms. The molecular weight excluding hydrogens is 262 g/mol. The van der Waals surface area contributed by atoms with Crippen molar-refractivity contribution in [2.24, 2.45) is 5.73 Å². The van der Waals surface area contributed by atoms with Crippen molar-refractivity contribution in [3.05, 3.63) is 16.0 Å². The Hall–Kier alpha value is -1.40. The summed E-state index contributed by atoms with van der Waals surface area (Å²) in [7, 11) is 0. The standard InChI is InChI=1S/C13H19N3O2S/c1-8(17)16-13-11(12(18)15-7-6-14)9-4-2-3-5-10(9)19-13/h2-7,14H2,1H3,(H,15,18)(H,16,17). The van der Waals surface area contributed by atoms with Crippen molar-refractivity contribution in [2.45, 2.75) is 32.6 Å². The second-order valence-electron chi connectivity index (χ2n) is 4.64. The first-order valence-corrected chi connectivity index (χ1v) is 7.35. The molecule has 0 saturated heterocycles. The van der Waals surface area contributed by atoms with E-state index < -0.39 is 0 Å². The van der Waals surface area contributed by atoms with Gasteiger partial charge in [-0.2, -0.15) is 0 Å². The van der Waals surface area contributed by atoms with E-state index in [4.69, 9.17) is 5.73 Å². The average Bonchev–Trinajstić information content (AvgIpc) is 2.72. The molecule has 0 aromatic carbocycles. The Morgan fingerprint density at radius 2 is 2.05 bits per heavy atom. The first-order chi connectivity index (χ1) is 9.13. The molecule has 4 N–H and O–H groups in total. The molecule has 2 rings (SSSR count). The van der Waals surface area contributed by atoms with E-state index in [1.165, 1.54) is 23.1 Å². The van der Waals surface area contributed by atoms with Crippen molar-refractivity contribution in [3.8, 4) is 0 Å². The van der Waals surface area contributed by atoms with E-state index >= 15 is 0 Å². The van der Waals surface area contributed by atoms with Crippen LogP contribution in [0.2, 0.25) is 0 Å². The Kier molecular flexibility index (Phi) is 4.55. The van der Waals surface area contributed by atoms with E-state index in [0.717, 1.165) is 31.2 Å². The highest BCUT2D eigenvalue weighted by molar-refractivity contribution is 7.17. The van der Waals surface area contributed by atoms with Gasteiger partial charge in [-0.3, -0.25) is 9.59 Å². The molecule has 6 heteroatoms. The van der Waals surface area contributed by atoms with Crippen molar-refractivity contribution in [2.75, 3.05) is 18.4 Å². The number of fused-ring (bicyclic) bond motifs is 1. The smallest absolute Gasteiger partial charge is 0.254 e. The second kappa shape index (κ2) is 6.16. The summed E-state index contributed by atoms with van der Waals surface area (Å²) in [4.78, 5) is 24.7. The predicted octanol–water partition coefficient (Wildman–Crippen LogP) is 1.27. The Bertz CT molecular complexity index is 496. The number of amides is 2. The van der Waals surface area contributed by atoms with Crippen molar-refractivity contribution in [1.82, 2.24) is 5.32 Å². The molecule has 0 unspecified atom stereocenters. The zero-order chi connectivity index (χ0) is 13.8. The van der Waals surface area contributed by atoms with Gasteiger partial charge in [0.05, 0.1) is 5.56 Å². The lowest BCUT2D eigenvalue weighted by Gasteiger charge is -2.12. The minimum absolute atomic E-state index is 0.131. The lowest BCUT2D eigenvalue weighted by molar-refractivity contribution is -0.114. The number of hydrogen-bond acceptors (Lipinski definition) is 4. The van der Waals surface area contributed by atoms with Crippen LogP contribution in [-0.4, -0.2) is 24.9 Å². The van der Waals surface area contributed by atoms with Crippen LogP contribution >= 0.6 is 11.3 Å². The highest BCUT2D eigenvalue weighted by Crippen LogP contribution is 2.38. The largest absolute Gasteiger partial charge is 0.351 e. The topological polar surface area (TPSA) is 84.2 Å². The first-order valence-electron chi connectivity index (χ1n) is 6.54. The van der Waals surface area contributed by atoms with Crippen molar-refractivity contribution in [3.63, 3.8) is 0 Å². The third-order valence-electron chi connectivity index (χ3n) is 3.12. The van der Waals surface area contributed by atoms with Gasteiger partial charge in [0.1, 0.15) is 5.00 Å². The summed E-state index contributed by atoms with van der Waals surface area (Å²) in [6, 6.07) is 0. The number of rotatable bonds is 4. The van der Waals surface area contributed by atoms with Crippen LogP contribution in [-0.2, 0) is 17.6 Å². The summed E-state index contributed by atoms with van der Waals surface area (Å²) >= 11 is 1.53. The van der Waals surface area contributed by atoms with Crippen molar-refractivity contribution < 1.29 is 9.59 Å². The molecule has 0 atom stereocenters. The van der Waals surface area contributed by atoms with Crippen LogP contribution in [0.15, 0.2) is 0 Å². The Balaban J connectivity index is 2.33. The van der Waals surface area contributed by atoms with E-state index in [0.29, 0.717) is 23.7 Å². The molecule has 1 aromatic rings. The summed E-state index contributed by atoms with van der Waals surface area (Å²) in [6.07, 6.45) is 4.16. The Morgan fingerprint density at radius 1 is 1.32 bits per heavy atom. The van der Waals surface area contributed by atoms with Gasteiger partial charge < -0.3 is 16.4 Å². The number of nitrogens with two attached hydrogens (primary N) is 1. The lowest BCUT2D eigenvalue weighted by Crippen LogP contribution is -2.30. The van der Waals surface area contributed by atoms with E-state index in [2.05, 4.69) is 10.6 Å². The van der Waals surface area contributed by atoms with Crippen LogP contribution in [0.5, 0.6) is 0 Å². The van der Waals surface area contributed by atoms with Gasteiger partial charge in [-0.05, 0) is 31.2 Å². The quantitative estimate of drug-likeness (QED) is 0.777. The number of nitrogens with one attached hydrogen (secondary N) is 2. The summed E-state index contributed by atoms with van der Waals surface area (Å²) < 4.78 is 0. The van der Waals surface area contributed by atoms with Crippen LogP contribution in [0.4, 0.5) is 5.00 Å². The fourth-order valence-electron chi connectivity index (χ4n) is 2.33. The summed E-state index contributed by atoms with van der Waals surface area (Å²) in [6.45, 7) is 2.32. The van der Waals surface area contributed by atoms with Crippen LogP contribution in [0.3, 0.4) is 0 Å². The third-order valence-corrected chi connectivity index (χ3v) is 4.33. The van der Waals surface area contributed by atoms with Gasteiger partial charge in [0, 0.05) is 24.9 Å². The fraction of sp³-hybridized carbons (Fsp3) is 0.538. The number of aryl methyl sites for hydroxylation is 1. The number of carbonyl (C=O) groups is 2. The molecule has 19 heavy (non-hydrogen) atoms. The summed E-state index contributed by atoms with van der Waals surface area (Å²) in [5, 5.41) is 6.24. The van der Waals surface area contributed by atoms with Gasteiger partial charge in [-0.25, -0.2) is 0 Å². The van der Waals surface area contributed by atoms with Crippen LogP contribution < -0.4 is 16.4 Å². The predicted molar refractivity (Wildman–Crippen MR) is 76.7 cm³/mol. The highest BCUT2D eigenvalue weighted by Gasteiger charge is 2.25. The minimum Gasteiger partial charge on any atom is -0.351 e. The zero-order valence-corrected chi connectivity index (χ0v) is 11.9. The van der Waals surface area contributed by atoms with Gasteiger partial charge >= 0.3 is 0 Å². The SMILES string of the molecule is CC(=O)Nc1sc2c(c1C(=O)NCCN)CCCC2. The van der Waals surface area contributed by atoms with Gasteiger partial charge in [0.25, 0.3) is 5.91 Å². The van der Waals surface area contributed by atoms with Gasteiger partial charge in [0.2, 0.25) is 5.91 Å². The third kappa shape index (κ3) is 3.13. The lowest BCUT2D eigenvalue weighted by atomic mass is 9.95. The summed E-state index contributed by atoms with van der Waals surface area (Å²) in [5.41, 5.74) is 7.15. The van der Waals surface area contributed by atoms with E-state index in [-0.39, 0.29) is 11.8 Å². The second-order valence-corrected chi connectivity index (χ2v) is 5.75. The molecule has 0 saturated carbocycles. The molecule has 0 fully saturated rings. The van der Waals surface area contributed by atoms with Crippen LogP contribution in [0, 0.1) is 0 Å². The fourth-order valence-corrected chi connectivity index (χ4v) is 3.66. The molecule has 5 nitrogen and oxygen atoms in total. The molecule has 1 aliphatic carbocycles. The molecule has 2 amide bonds. The van der Waals surface area contributed by atoms with Crippen molar-refractivity contribution >= 4 is 28.2 Å². The zero-order valence-electron chi connectivity index (χ0n) is 11.0. The van der Waals surface area contributed by atoms with E-state index in [1.54, 1.807) is 0 Å². The van der Waals surface area contributed by atoms with Crippen LogP contribution in [0.25, 0.3) is 0 Å². The van der Waals surface area contributed by atoms with Crippen molar-refractivity contribution in [1.29, 1.82) is 0 Å². The average molecular weight is 281 g/mol. The Labute approximate surface area is 116 Å². The normalized spacial score (nSPS) is 13.8. The highest BCUT2D eigenvalue weighted by atomic mass is 32.1. The molecule has 0 aliphatic heterocycles. The minimum atomic E-state index is -0.147. The Morgan fingerprint density at radius 3 is 2.74 bits per heavy atom. The summed E-state index contributed by atoms with van der Waals surface area (Å²) in [5.74, 6) is -0.278. The van der Waals surface area contributed by atoms with Gasteiger partial charge in [-0.1, -0.05) is 0 Å². The van der Waals surface area contributed by atoms with Gasteiger partial charge in [0.15, 0.2) is 0 Å². The molecular formula is C13H19N3O2S. The van der Waals surface area contributed by atoms with E-state index in [1.807, 2.05) is 0 Å². The molecule has 1 aromatic heterocycles. The van der Waals surface area contributed by atoms with Gasteiger partial charge in [-0.15, -0.1) is 11.3 Å². The number of hydrogen-bond donors (Lipinski definition) is 3. The molecule has 104 valence electrons. The first kappa shape index (κ1) is 14.0. The molecule has 1 aliphatic rings. The van der Waals surface area contributed by atoms with E-state index in [9.17, 15) is 9.59 Å².